The lowest BCUT2D eigenvalue weighted by Gasteiger charge is -2.04. The van der Waals surface area contributed by atoms with Crippen molar-refractivity contribution < 1.29 is 0 Å². The Morgan fingerprint density at radius 3 is 0.517 bits per heavy atom. The topological polar surface area (TPSA) is 0 Å². The maximum Gasteiger partial charge on any atom is 0.0281 e. The fourth-order valence-corrected chi connectivity index (χ4v) is 5.56. The molecule has 0 aliphatic carbocycles. The van der Waals surface area contributed by atoms with Gasteiger partial charge in [-0.3, -0.25) is 0 Å². The molecule has 0 radical (unpaired) electrons. The van der Waals surface area contributed by atoms with Crippen LogP contribution >= 0.6 is 0 Å². The Balaban J connectivity index is 0.000000515. The molecule has 60 heavy (non-hydrogen) atoms. The molecule has 6 aromatic carbocycles. The Morgan fingerprint density at radius 1 is 0.200 bits per heavy atom. The molecule has 308 valence electrons. The van der Waals surface area contributed by atoms with Gasteiger partial charge < -0.3 is 0 Å². The Morgan fingerprint density at radius 2 is 0.350 bits per heavy atom. The number of benzene rings is 6. The SMILES string of the molecule is CC.CC.CC.CC.Cc1ccccc1C#Cc1cc(C)c(C#Cc2ccccc2C)cc1C.Cc1ccccc1C#Cc1cc(C)c(C#Cc2ccccc2C)cc1C. The van der Waals surface area contributed by atoms with Crippen molar-refractivity contribution in [3.63, 3.8) is 0 Å². The van der Waals surface area contributed by atoms with Gasteiger partial charge in [-0.05, 0) is 148 Å². The normalized spacial score (nSPS) is 8.80. The van der Waals surface area contributed by atoms with E-state index in [2.05, 4.69) is 176 Å². The maximum atomic E-state index is 3.32. The van der Waals surface area contributed by atoms with Gasteiger partial charge in [0.25, 0.3) is 0 Å². The van der Waals surface area contributed by atoms with Gasteiger partial charge in [0.05, 0.1) is 0 Å². The molecule has 0 N–H and O–H groups in total. The minimum absolute atomic E-state index is 1.06. The van der Waals surface area contributed by atoms with Crippen molar-refractivity contribution in [3.8, 4) is 47.4 Å². The molecule has 0 heterocycles. The van der Waals surface area contributed by atoms with Gasteiger partial charge in [0.2, 0.25) is 0 Å². The lowest BCUT2D eigenvalue weighted by molar-refractivity contribution is 1.34. The van der Waals surface area contributed by atoms with Gasteiger partial charge in [0.15, 0.2) is 0 Å². The van der Waals surface area contributed by atoms with Crippen molar-refractivity contribution in [1.82, 2.24) is 0 Å². The van der Waals surface area contributed by atoms with Crippen LogP contribution in [-0.4, -0.2) is 0 Å². The zero-order chi connectivity index (χ0) is 45.0. The summed E-state index contributed by atoms with van der Waals surface area (Å²) in [5, 5.41) is 0. The molecule has 0 nitrogen and oxygen atoms in total. The second kappa shape index (κ2) is 28.9. The molecule has 0 saturated heterocycles. The largest absolute Gasteiger partial charge is 0.0683 e. The van der Waals surface area contributed by atoms with Crippen molar-refractivity contribution in [3.05, 3.63) is 210 Å². The minimum atomic E-state index is 1.06. The zero-order valence-corrected chi connectivity index (χ0v) is 39.5. The van der Waals surface area contributed by atoms with Crippen LogP contribution in [0.3, 0.4) is 0 Å². The highest BCUT2D eigenvalue weighted by Crippen LogP contribution is 2.18. The van der Waals surface area contributed by atoms with Gasteiger partial charge in [-0.15, -0.1) is 0 Å². The average Bonchev–Trinajstić information content (AvgIpc) is 3.28. The van der Waals surface area contributed by atoms with E-state index in [-0.39, 0.29) is 0 Å². The number of hydrogen-bond acceptors (Lipinski definition) is 0. The smallest absolute Gasteiger partial charge is 0.0281 e. The molecule has 0 aromatic heterocycles. The van der Waals surface area contributed by atoms with Gasteiger partial charge in [-0.1, -0.05) is 176 Å². The first-order valence-electron chi connectivity index (χ1n) is 21.6. The van der Waals surface area contributed by atoms with Gasteiger partial charge in [-0.2, -0.15) is 0 Å². The van der Waals surface area contributed by atoms with Crippen LogP contribution in [0.2, 0.25) is 0 Å². The molecule has 0 amide bonds. The molecule has 0 fully saturated rings. The molecule has 0 atom stereocenters. The van der Waals surface area contributed by atoms with Crippen LogP contribution in [0.25, 0.3) is 0 Å². The second-order valence-electron chi connectivity index (χ2n) is 13.2. The van der Waals surface area contributed by atoms with E-state index < -0.39 is 0 Å². The van der Waals surface area contributed by atoms with Crippen molar-refractivity contribution >= 4 is 0 Å². The van der Waals surface area contributed by atoms with Crippen LogP contribution in [-0.2, 0) is 0 Å². The number of aryl methyl sites for hydroxylation is 8. The molecule has 0 unspecified atom stereocenters. The van der Waals surface area contributed by atoms with Crippen molar-refractivity contribution in [2.24, 2.45) is 0 Å². The Hall–Kier alpha value is -6.44. The first-order chi connectivity index (χ1) is 29.1. The third kappa shape index (κ3) is 16.4. The summed E-state index contributed by atoms with van der Waals surface area (Å²) < 4.78 is 0. The first kappa shape index (κ1) is 51.6. The summed E-state index contributed by atoms with van der Waals surface area (Å²) in [5.74, 6) is 26.5. The molecular weight excluding hydrogens is 721 g/mol. The van der Waals surface area contributed by atoms with E-state index in [0.29, 0.717) is 0 Å². The molecule has 0 spiro atoms. The number of hydrogen-bond donors (Lipinski definition) is 0. The predicted octanol–water partition coefficient (Wildman–Crippen LogP) is 15.5. The van der Waals surface area contributed by atoms with Crippen LogP contribution in [0.15, 0.2) is 121 Å². The highest BCUT2D eigenvalue weighted by Gasteiger charge is 2.04. The van der Waals surface area contributed by atoms with E-state index in [1.54, 1.807) is 0 Å². The van der Waals surface area contributed by atoms with Gasteiger partial charge in [-0.25, -0.2) is 0 Å². The third-order valence-corrected chi connectivity index (χ3v) is 9.05. The van der Waals surface area contributed by atoms with E-state index in [1.165, 1.54) is 22.3 Å². The summed E-state index contributed by atoms with van der Waals surface area (Å²) in [6.07, 6.45) is 0. The predicted molar refractivity (Wildman–Crippen MR) is 266 cm³/mol. The molecule has 0 bridgehead atoms. The summed E-state index contributed by atoms with van der Waals surface area (Å²) in [7, 11) is 0. The lowest BCUT2D eigenvalue weighted by Crippen LogP contribution is -1.90. The lowest BCUT2D eigenvalue weighted by atomic mass is 9.99. The molecule has 0 aliphatic rings. The van der Waals surface area contributed by atoms with Crippen LogP contribution in [0.4, 0.5) is 0 Å². The van der Waals surface area contributed by atoms with E-state index in [9.17, 15) is 0 Å². The van der Waals surface area contributed by atoms with E-state index in [1.807, 2.05) is 104 Å². The number of rotatable bonds is 0. The van der Waals surface area contributed by atoms with Crippen LogP contribution in [0.1, 0.15) is 144 Å². The summed E-state index contributed by atoms with van der Waals surface area (Å²) in [6, 6.07) is 41.4. The minimum Gasteiger partial charge on any atom is -0.0683 e. The van der Waals surface area contributed by atoms with Gasteiger partial charge in [0, 0.05) is 44.5 Å². The molecule has 6 rings (SSSR count). The van der Waals surface area contributed by atoms with Crippen LogP contribution in [0.5, 0.6) is 0 Å². The zero-order valence-electron chi connectivity index (χ0n) is 39.5. The Kier molecular flexibility index (Phi) is 24.8. The standard InChI is InChI=1S/2C26H22.4C2H6/c2*1-19-9-5-7-11-23(19)13-15-25-17-22(4)26(18-21(25)3)16-14-24-12-8-6-10-20(24)2;4*1-2/h2*5-12,17-18H,1-4H3;4*1-2H3. The molecule has 6 aromatic rings. The summed E-state index contributed by atoms with van der Waals surface area (Å²) in [5.41, 5.74) is 18.0. The highest BCUT2D eigenvalue weighted by atomic mass is 14.1. The Bertz CT molecular complexity index is 2150. The summed E-state index contributed by atoms with van der Waals surface area (Å²) in [4.78, 5) is 0. The summed E-state index contributed by atoms with van der Waals surface area (Å²) in [6.45, 7) is 32.7. The van der Waals surface area contributed by atoms with Crippen LogP contribution < -0.4 is 0 Å². The molecule has 0 heteroatoms. The highest BCUT2D eigenvalue weighted by molar-refractivity contribution is 5.57. The monoisotopic (exact) mass is 789 g/mol. The van der Waals surface area contributed by atoms with Crippen LogP contribution in [0, 0.1) is 103 Å². The van der Waals surface area contributed by atoms with E-state index >= 15 is 0 Å². The molecule has 0 aliphatic heterocycles. The van der Waals surface area contributed by atoms with Crippen molar-refractivity contribution in [2.75, 3.05) is 0 Å². The Labute approximate surface area is 367 Å². The molecular formula is C60H68. The van der Waals surface area contributed by atoms with Gasteiger partial charge >= 0.3 is 0 Å². The fraction of sp³-hybridized carbons (Fsp3) is 0.267. The van der Waals surface area contributed by atoms with E-state index in [4.69, 9.17) is 0 Å². The average molecular weight is 789 g/mol. The first-order valence-corrected chi connectivity index (χ1v) is 21.6. The second-order valence-corrected chi connectivity index (χ2v) is 13.2. The van der Waals surface area contributed by atoms with E-state index in [0.717, 1.165) is 66.8 Å². The van der Waals surface area contributed by atoms with Crippen molar-refractivity contribution in [1.29, 1.82) is 0 Å². The van der Waals surface area contributed by atoms with Crippen molar-refractivity contribution in [2.45, 2.75) is 111 Å². The fourth-order valence-electron chi connectivity index (χ4n) is 5.56. The quantitative estimate of drug-likeness (QED) is 0.135. The molecule has 0 saturated carbocycles. The summed E-state index contributed by atoms with van der Waals surface area (Å²) >= 11 is 0. The third-order valence-electron chi connectivity index (χ3n) is 9.05. The maximum absolute atomic E-state index is 3.32. The van der Waals surface area contributed by atoms with Gasteiger partial charge in [0.1, 0.15) is 0 Å².